The molecule has 1 aliphatic rings. The van der Waals surface area contributed by atoms with E-state index < -0.39 is 37.1 Å². The van der Waals surface area contributed by atoms with Crippen molar-refractivity contribution in [2.75, 3.05) is 36.5 Å². The van der Waals surface area contributed by atoms with Crippen molar-refractivity contribution in [1.82, 2.24) is 15.0 Å². The van der Waals surface area contributed by atoms with E-state index in [4.69, 9.17) is 10.1 Å². The molecular weight excluding hydrogens is 442 g/mol. The van der Waals surface area contributed by atoms with Crippen molar-refractivity contribution >= 4 is 17.9 Å². The number of hydrogen-bond donors (Lipinski definition) is 2. The Morgan fingerprint density at radius 1 is 1.28 bits per heavy atom. The third-order valence-corrected chi connectivity index (χ3v) is 4.69. The van der Waals surface area contributed by atoms with Crippen molar-refractivity contribution in [3.05, 3.63) is 35.8 Å². The van der Waals surface area contributed by atoms with Crippen LogP contribution >= 0.6 is 0 Å². The Bertz CT molecular complexity index is 943. The minimum absolute atomic E-state index is 0.0303. The number of hydrogen-bond acceptors (Lipinski definition) is 7. The molecule has 1 fully saturated rings. The van der Waals surface area contributed by atoms with Gasteiger partial charge in [-0.15, -0.1) is 0 Å². The summed E-state index contributed by atoms with van der Waals surface area (Å²) in [6.45, 7) is -1.01. The van der Waals surface area contributed by atoms with E-state index in [0.29, 0.717) is 13.0 Å². The molecule has 3 rings (SSSR count). The minimum Gasteiger partial charge on any atom is -0.474 e. The van der Waals surface area contributed by atoms with Gasteiger partial charge in [0.2, 0.25) is 5.88 Å². The molecule has 0 bridgehead atoms. The van der Waals surface area contributed by atoms with Crippen molar-refractivity contribution in [3.63, 3.8) is 0 Å². The predicted octanol–water partition coefficient (Wildman–Crippen LogP) is 3.95. The van der Waals surface area contributed by atoms with Gasteiger partial charge in [-0.2, -0.15) is 13.2 Å². The molecule has 0 saturated carbocycles. The van der Waals surface area contributed by atoms with Crippen molar-refractivity contribution in [3.8, 4) is 5.88 Å². The molecule has 2 aromatic heterocycles. The third-order valence-electron chi connectivity index (χ3n) is 4.69. The Hall–Kier alpha value is -3.12. The summed E-state index contributed by atoms with van der Waals surface area (Å²) in [5.74, 6) is -0.161. The van der Waals surface area contributed by atoms with Gasteiger partial charge in [-0.05, 0) is 18.9 Å². The zero-order valence-electron chi connectivity index (χ0n) is 16.7. The van der Waals surface area contributed by atoms with Crippen LogP contribution in [0.25, 0.3) is 0 Å². The quantitative estimate of drug-likeness (QED) is 0.456. The normalized spacial score (nSPS) is 19.2. The molecule has 0 aromatic carbocycles. The van der Waals surface area contributed by atoms with E-state index in [2.05, 4.69) is 20.3 Å². The average Bonchev–Trinajstić information content (AvgIpc) is 2.76. The molecule has 1 atom stereocenters. The summed E-state index contributed by atoms with van der Waals surface area (Å²) in [4.78, 5) is 13.1. The van der Waals surface area contributed by atoms with Crippen LogP contribution in [0, 0.1) is 5.41 Å². The van der Waals surface area contributed by atoms with Gasteiger partial charge in [0.25, 0.3) is 6.43 Å². The highest BCUT2D eigenvalue weighted by atomic mass is 19.4. The summed E-state index contributed by atoms with van der Waals surface area (Å²) in [6.07, 6.45) is -4.64. The Labute approximate surface area is 179 Å². The molecule has 2 aromatic rings. The summed E-state index contributed by atoms with van der Waals surface area (Å²) >= 11 is 0. The first-order valence-electron chi connectivity index (χ1n) is 9.60. The van der Waals surface area contributed by atoms with Crippen LogP contribution in [0.15, 0.2) is 24.4 Å². The second-order valence-corrected chi connectivity index (χ2v) is 7.20. The van der Waals surface area contributed by atoms with E-state index in [1.54, 1.807) is 4.90 Å². The number of rotatable bonds is 8. The number of nitrogens with one attached hydrogen (secondary N) is 2. The topological polar surface area (TPSA) is 87.0 Å². The first-order chi connectivity index (χ1) is 15.1. The summed E-state index contributed by atoms with van der Waals surface area (Å²) in [6, 6.07) is 3.12. The van der Waals surface area contributed by atoms with Gasteiger partial charge in [0.15, 0.2) is 11.5 Å². The van der Waals surface area contributed by atoms with Crippen LogP contribution < -0.4 is 15.0 Å². The highest BCUT2D eigenvalue weighted by Gasteiger charge is 2.38. The van der Waals surface area contributed by atoms with Gasteiger partial charge >= 0.3 is 6.18 Å². The molecule has 7 nitrogen and oxygen atoms in total. The number of anilines is 2. The van der Waals surface area contributed by atoms with E-state index in [9.17, 15) is 22.0 Å². The first-order valence-corrected chi connectivity index (χ1v) is 9.60. The average molecular weight is 462 g/mol. The summed E-state index contributed by atoms with van der Waals surface area (Å²) in [7, 11) is 0. The van der Waals surface area contributed by atoms with Crippen LogP contribution in [0.3, 0.4) is 0 Å². The smallest absolute Gasteiger partial charge is 0.433 e. The number of nitrogens with zero attached hydrogens (tertiary/aromatic N) is 4. The maximum absolute atomic E-state index is 15.4. The van der Waals surface area contributed by atoms with E-state index >= 15 is 4.39 Å². The molecule has 32 heavy (non-hydrogen) atoms. The number of ether oxygens (including phenoxy) is 1. The van der Waals surface area contributed by atoms with Crippen LogP contribution in [0.1, 0.15) is 24.2 Å². The van der Waals surface area contributed by atoms with Gasteiger partial charge in [0, 0.05) is 18.8 Å². The van der Waals surface area contributed by atoms with Crippen molar-refractivity contribution in [2.24, 2.45) is 0 Å². The maximum atomic E-state index is 15.4. The molecule has 13 heteroatoms. The molecule has 174 valence electrons. The Balaban J connectivity index is 1.70. The molecule has 0 aliphatic carbocycles. The molecule has 0 radical (unpaired) electrons. The Morgan fingerprint density at radius 3 is 2.75 bits per heavy atom. The molecular formula is C19H20F6N6O. The zero-order chi connectivity index (χ0) is 23.4. The summed E-state index contributed by atoms with van der Waals surface area (Å²) in [5.41, 5.74) is -3.00. The van der Waals surface area contributed by atoms with Gasteiger partial charge in [-0.3, -0.25) is 0 Å². The van der Waals surface area contributed by atoms with Gasteiger partial charge in [-0.25, -0.2) is 28.1 Å². The van der Waals surface area contributed by atoms with Crippen LogP contribution in [0.2, 0.25) is 0 Å². The standard InChI is InChI=1S/C19H20F6N6O/c20-14(21)8-28-17-12(7-26)27-9-15(30-17)31-6-2-5-18(22,10-31)11-32-16-4-1-3-13(29-16)19(23,24)25/h1,3-4,7,9,14,26H,2,5-6,8,10-11H2,(H,28,30). The lowest BCUT2D eigenvalue weighted by Crippen LogP contribution is -2.49. The fraction of sp³-hybridized carbons (Fsp3) is 0.474. The van der Waals surface area contributed by atoms with Crippen LogP contribution in [-0.4, -0.2) is 59.5 Å². The Kier molecular flexibility index (Phi) is 7.04. The van der Waals surface area contributed by atoms with E-state index in [1.165, 1.54) is 12.3 Å². The second kappa shape index (κ2) is 9.57. The number of aromatic nitrogens is 3. The second-order valence-electron chi connectivity index (χ2n) is 7.20. The number of alkyl halides is 6. The van der Waals surface area contributed by atoms with Crippen molar-refractivity contribution in [2.45, 2.75) is 31.1 Å². The van der Waals surface area contributed by atoms with Gasteiger partial charge in [0.05, 0.1) is 19.3 Å². The SMILES string of the molecule is N=Cc1ncc(N2CCCC(F)(COc3cccc(C(F)(F)F)n3)C2)nc1NCC(F)F. The summed E-state index contributed by atoms with van der Waals surface area (Å²) in [5, 5.41) is 9.72. The van der Waals surface area contributed by atoms with Gasteiger partial charge in [-0.1, -0.05) is 6.07 Å². The van der Waals surface area contributed by atoms with Crippen LogP contribution in [0.5, 0.6) is 5.88 Å². The molecule has 1 saturated heterocycles. The largest absolute Gasteiger partial charge is 0.474 e. The zero-order valence-corrected chi connectivity index (χ0v) is 16.7. The number of pyridine rings is 1. The minimum atomic E-state index is -4.65. The highest BCUT2D eigenvalue weighted by molar-refractivity contribution is 5.81. The number of piperidine rings is 1. The van der Waals surface area contributed by atoms with Crippen molar-refractivity contribution in [1.29, 1.82) is 5.41 Å². The third kappa shape index (κ3) is 5.98. The summed E-state index contributed by atoms with van der Waals surface area (Å²) < 4.78 is 84.0. The van der Waals surface area contributed by atoms with E-state index in [0.717, 1.165) is 18.3 Å². The van der Waals surface area contributed by atoms with Crippen LogP contribution in [-0.2, 0) is 6.18 Å². The predicted molar refractivity (Wildman–Crippen MR) is 104 cm³/mol. The highest BCUT2D eigenvalue weighted by Crippen LogP contribution is 2.31. The molecule has 2 N–H and O–H groups in total. The van der Waals surface area contributed by atoms with E-state index in [1.807, 2.05) is 0 Å². The molecule has 1 aliphatic heterocycles. The first kappa shape index (κ1) is 23.5. The van der Waals surface area contributed by atoms with Crippen molar-refractivity contribution < 1.29 is 31.1 Å². The number of halogens is 6. The fourth-order valence-electron chi connectivity index (χ4n) is 3.21. The fourth-order valence-corrected chi connectivity index (χ4v) is 3.21. The molecule has 0 amide bonds. The lowest BCUT2D eigenvalue weighted by atomic mass is 9.95. The molecule has 3 heterocycles. The lowest BCUT2D eigenvalue weighted by Gasteiger charge is -2.37. The molecule has 0 spiro atoms. The maximum Gasteiger partial charge on any atom is 0.433 e. The monoisotopic (exact) mass is 462 g/mol. The van der Waals surface area contributed by atoms with Gasteiger partial charge < -0.3 is 20.4 Å². The Morgan fingerprint density at radius 2 is 2.06 bits per heavy atom. The van der Waals surface area contributed by atoms with Crippen LogP contribution in [0.4, 0.5) is 38.0 Å². The molecule has 1 unspecified atom stereocenters. The lowest BCUT2D eigenvalue weighted by molar-refractivity contribution is -0.141. The van der Waals surface area contributed by atoms with E-state index in [-0.39, 0.29) is 36.2 Å². The van der Waals surface area contributed by atoms with Gasteiger partial charge in [0.1, 0.15) is 23.8 Å².